The molecule has 10 heteroatoms. The van der Waals surface area contributed by atoms with Crippen molar-refractivity contribution in [1.82, 2.24) is 14.5 Å². The number of carbonyl (C=O) groups is 1. The Balaban J connectivity index is 1.39. The molecule has 1 aliphatic heterocycles. The molecule has 198 valence electrons. The minimum Gasteiger partial charge on any atom is -0.465 e. The molecular formula is C29H27N5O4S. The van der Waals surface area contributed by atoms with Crippen LogP contribution in [0.2, 0.25) is 0 Å². The number of rotatable bonds is 8. The van der Waals surface area contributed by atoms with Gasteiger partial charge in [-0.1, -0.05) is 30.4 Å². The Labute approximate surface area is 227 Å². The van der Waals surface area contributed by atoms with E-state index in [1.807, 2.05) is 42.0 Å². The number of benzene rings is 2. The van der Waals surface area contributed by atoms with Crippen molar-refractivity contribution in [2.24, 2.45) is 7.05 Å². The first-order chi connectivity index (χ1) is 18.8. The molecule has 1 aromatic heterocycles. The second kappa shape index (κ2) is 10.6. The Bertz CT molecular complexity index is 1710. The molecule has 1 unspecified atom stereocenters. The molecule has 0 radical (unpaired) electrons. The van der Waals surface area contributed by atoms with Gasteiger partial charge >= 0.3 is 5.97 Å². The van der Waals surface area contributed by atoms with Crippen molar-refractivity contribution in [1.29, 1.82) is 5.26 Å². The highest BCUT2D eigenvalue weighted by Gasteiger charge is 2.35. The molecule has 1 N–H and O–H groups in total. The lowest BCUT2D eigenvalue weighted by molar-refractivity contribution is -0.143. The SMILES string of the molecule is CCOC(=O)CN1C=CC=C2C=CC=C(S(=O)(=O)Nc3ccc4c(c3)nc(Cc3ccc(C#N)cc3)n4C)C21. The minimum atomic E-state index is -3.98. The third-order valence-electron chi connectivity index (χ3n) is 6.63. The summed E-state index contributed by atoms with van der Waals surface area (Å²) in [6.45, 7) is 1.90. The van der Waals surface area contributed by atoms with Gasteiger partial charge in [0, 0.05) is 19.7 Å². The van der Waals surface area contributed by atoms with E-state index in [2.05, 4.69) is 10.8 Å². The first-order valence-electron chi connectivity index (χ1n) is 12.4. The number of hydrogen-bond acceptors (Lipinski definition) is 7. The van der Waals surface area contributed by atoms with Gasteiger partial charge in [-0.2, -0.15) is 5.26 Å². The van der Waals surface area contributed by atoms with E-state index in [9.17, 15) is 13.2 Å². The van der Waals surface area contributed by atoms with Gasteiger partial charge in [-0.25, -0.2) is 13.4 Å². The lowest BCUT2D eigenvalue weighted by Crippen LogP contribution is -2.42. The predicted octanol–water partition coefficient (Wildman–Crippen LogP) is 3.92. The number of allylic oxidation sites excluding steroid dienone is 4. The standard InChI is InChI=1S/C29H27N5O4S/c1-3-38-28(35)19-34-15-5-7-22-6-4-8-26(29(22)34)39(36,37)32-23-13-14-25-24(17-23)31-27(33(25)2)16-20-9-11-21(18-30)12-10-20/h4-15,17,29,32H,3,16,19H2,1-2H3. The molecule has 0 saturated heterocycles. The number of sulfonamides is 1. The van der Waals surface area contributed by atoms with Gasteiger partial charge in [0.25, 0.3) is 10.0 Å². The normalized spacial score (nSPS) is 16.3. The number of hydrogen-bond donors (Lipinski definition) is 1. The van der Waals surface area contributed by atoms with Crippen molar-refractivity contribution in [2.75, 3.05) is 17.9 Å². The summed E-state index contributed by atoms with van der Waals surface area (Å²) in [6, 6.07) is 14.1. The molecule has 5 rings (SSSR count). The van der Waals surface area contributed by atoms with Crippen molar-refractivity contribution in [2.45, 2.75) is 19.4 Å². The molecule has 3 aromatic rings. The Morgan fingerprint density at radius 2 is 1.95 bits per heavy atom. The summed E-state index contributed by atoms with van der Waals surface area (Å²) in [5, 5.41) is 9.02. The van der Waals surface area contributed by atoms with Gasteiger partial charge < -0.3 is 14.2 Å². The third kappa shape index (κ3) is 5.35. The van der Waals surface area contributed by atoms with Crippen LogP contribution in [0.15, 0.2) is 89.5 Å². The molecule has 0 bridgehead atoms. The third-order valence-corrected chi connectivity index (χ3v) is 8.11. The maximum Gasteiger partial charge on any atom is 0.325 e. The quantitative estimate of drug-likeness (QED) is 0.430. The number of carbonyl (C=O) groups excluding carboxylic acids is 1. The highest BCUT2D eigenvalue weighted by Crippen LogP contribution is 2.32. The number of aromatic nitrogens is 2. The Morgan fingerprint density at radius 1 is 1.15 bits per heavy atom. The largest absolute Gasteiger partial charge is 0.465 e. The maximum atomic E-state index is 13.6. The average molecular weight is 542 g/mol. The first-order valence-corrected chi connectivity index (χ1v) is 13.9. The van der Waals surface area contributed by atoms with Gasteiger partial charge in [-0.05, 0) is 60.5 Å². The summed E-state index contributed by atoms with van der Waals surface area (Å²) < 4.78 is 37.0. The summed E-state index contributed by atoms with van der Waals surface area (Å²) in [4.78, 5) is 18.7. The zero-order valence-corrected chi connectivity index (χ0v) is 22.4. The van der Waals surface area contributed by atoms with E-state index < -0.39 is 22.0 Å². The van der Waals surface area contributed by atoms with Crippen LogP contribution in [0.4, 0.5) is 5.69 Å². The summed E-state index contributed by atoms with van der Waals surface area (Å²) >= 11 is 0. The molecule has 1 atom stereocenters. The fourth-order valence-electron chi connectivity index (χ4n) is 4.75. The van der Waals surface area contributed by atoms with Crippen LogP contribution in [-0.2, 0) is 33.0 Å². The van der Waals surface area contributed by atoms with Crippen molar-refractivity contribution >= 4 is 32.7 Å². The first kappa shape index (κ1) is 26.0. The molecule has 0 fully saturated rings. The van der Waals surface area contributed by atoms with Crippen LogP contribution in [0.3, 0.4) is 0 Å². The number of nitriles is 1. The topological polar surface area (TPSA) is 117 Å². The molecule has 9 nitrogen and oxygen atoms in total. The molecular weight excluding hydrogens is 514 g/mol. The number of anilines is 1. The summed E-state index contributed by atoms with van der Waals surface area (Å²) in [5.41, 5.74) is 4.28. The number of fused-ring (bicyclic) bond motifs is 2. The average Bonchev–Trinajstić information content (AvgIpc) is 3.22. The molecule has 1 aliphatic carbocycles. The highest BCUT2D eigenvalue weighted by atomic mass is 32.2. The van der Waals surface area contributed by atoms with E-state index in [0.717, 1.165) is 22.5 Å². The zero-order valence-electron chi connectivity index (χ0n) is 21.5. The van der Waals surface area contributed by atoms with E-state index in [-0.39, 0.29) is 18.1 Å². The molecule has 2 aliphatic rings. The van der Waals surface area contributed by atoms with E-state index in [0.29, 0.717) is 23.2 Å². The second-order valence-electron chi connectivity index (χ2n) is 9.20. The number of nitrogens with zero attached hydrogens (tertiary/aromatic N) is 4. The fourth-order valence-corrected chi connectivity index (χ4v) is 6.13. The van der Waals surface area contributed by atoms with Crippen LogP contribution in [0.25, 0.3) is 11.0 Å². The van der Waals surface area contributed by atoms with Gasteiger partial charge in [-0.15, -0.1) is 0 Å². The van der Waals surface area contributed by atoms with Crippen LogP contribution < -0.4 is 4.72 Å². The molecule has 39 heavy (non-hydrogen) atoms. The second-order valence-corrected chi connectivity index (χ2v) is 10.9. The summed E-state index contributed by atoms with van der Waals surface area (Å²) in [6.07, 6.45) is 11.0. The van der Waals surface area contributed by atoms with Gasteiger partial charge in [0.05, 0.1) is 45.9 Å². The van der Waals surface area contributed by atoms with Crippen LogP contribution in [-0.4, -0.2) is 48.0 Å². The van der Waals surface area contributed by atoms with Crippen molar-refractivity contribution in [3.8, 4) is 6.07 Å². The number of aryl methyl sites for hydroxylation is 1. The lowest BCUT2D eigenvalue weighted by Gasteiger charge is -2.35. The van der Waals surface area contributed by atoms with Crippen LogP contribution in [0, 0.1) is 11.3 Å². The molecule has 0 spiro atoms. The number of imidazole rings is 1. The monoisotopic (exact) mass is 541 g/mol. The van der Waals surface area contributed by atoms with E-state index >= 15 is 0 Å². The van der Waals surface area contributed by atoms with E-state index in [1.165, 1.54) is 0 Å². The van der Waals surface area contributed by atoms with Gasteiger partial charge in [0.15, 0.2) is 0 Å². The predicted molar refractivity (Wildman–Crippen MR) is 149 cm³/mol. The number of nitrogens with one attached hydrogen (secondary N) is 1. The number of esters is 1. The fraction of sp³-hybridized carbons (Fsp3) is 0.207. The van der Waals surface area contributed by atoms with Gasteiger partial charge in [-0.3, -0.25) is 9.52 Å². The van der Waals surface area contributed by atoms with Crippen molar-refractivity contribution in [3.63, 3.8) is 0 Å². The molecule has 0 saturated carbocycles. The minimum absolute atomic E-state index is 0.0744. The Hall–Kier alpha value is -4.62. The number of ether oxygens (including phenoxy) is 1. The van der Waals surface area contributed by atoms with Crippen LogP contribution in [0.5, 0.6) is 0 Å². The smallest absolute Gasteiger partial charge is 0.325 e. The molecule has 0 amide bonds. The summed E-state index contributed by atoms with van der Waals surface area (Å²) in [7, 11) is -2.07. The molecule has 2 aromatic carbocycles. The Kier molecular flexibility index (Phi) is 7.09. The van der Waals surface area contributed by atoms with Crippen molar-refractivity contribution < 1.29 is 17.9 Å². The van der Waals surface area contributed by atoms with Crippen molar-refractivity contribution in [3.05, 3.63) is 106 Å². The lowest BCUT2D eigenvalue weighted by atomic mass is 9.97. The van der Waals surface area contributed by atoms with Crippen LogP contribution >= 0.6 is 0 Å². The van der Waals surface area contributed by atoms with E-state index in [1.54, 1.807) is 60.5 Å². The maximum absolute atomic E-state index is 13.6. The zero-order chi connectivity index (χ0) is 27.6. The van der Waals surface area contributed by atoms with Gasteiger partial charge in [0.1, 0.15) is 12.4 Å². The highest BCUT2D eigenvalue weighted by molar-refractivity contribution is 7.96. The van der Waals surface area contributed by atoms with E-state index in [4.69, 9.17) is 15.0 Å². The molecule has 2 heterocycles. The van der Waals surface area contributed by atoms with Gasteiger partial charge in [0.2, 0.25) is 0 Å². The Morgan fingerprint density at radius 3 is 2.69 bits per heavy atom. The van der Waals surface area contributed by atoms with Crippen LogP contribution in [0.1, 0.15) is 23.9 Å². The summed E-state index contributed by atoms with van der Waals surface area (Å²) in [5.74, 6) is 0.383.